The number of pyridine rings is 1. The Morgan fingerprint density at radius 1 is 1.15 bits per heavy atom. The maximum atomic E-state index is 15.1. The average Bonchev–Trinajstić information content (AvgIpc) is 2.76. The molecule has 1 saturated heterocycles. The standard InChI is InChI=1S/C23H21F3N4O4/c1-10(27)22(32)28-17-9-29(11(17)2)20-7-19-13(6-16(20)26)21(31)14(23(33)34)8-30(19)18-4-3-12(24)5-15(18)25/h3-8,10-11,17H,9,27H2,1-2H3,(H,28,32)(H,33,34)/t10-,11-,17+/m0/s1. The fourth-order valence-electron chi connectivity index (χ4n) is 3.99. The second-order valence-corrected chi connectivity index (χ2v) is 8.26. The van der Waals surface area contributed by atoms with Crippen LogP contribution in [0.15, 0.2) is 41.3 Å². The first-order valence-electron chi connectivity index (χ1n) is 10.4. The van der Waals surface area contributed by atoms with Gasteiger partial charge < -0.3 is 25.6 Å². The lowest BCUT2D eigenvalue weighted by molar-refractivity contribution is -0.123. The van der Waals surface area contributed by atoms with Crippen LogP contribution >= 0.6 is 0 Å². The molecule has 1 amide bonds. The lowest BCUT2D eigenvalue weighted by Crippen LogP contribution is -2.67. The molecule has 3 aromatic rings. The number of rotatable bonds is 5. The van der Waals surface area contributed by atoms with Crippen LogP contribution in [0.25, 0.3) is 16.6 Å². The summed E-state index contributed by atoms with van der Waals surface area (Å²) in [6, 6.07) is 3.58. The predicted octanol–water partition coefficient (Wildman–Crippen LogP) is 2.15. The number of fused-ring (bicyclic) bond motifs is 1. The van der Waals surface area contributed by atoms with E-state index in [0.717, 1.165) is 29.0 Å². The van der Waals surface area contributed by atoms with Crippen LogP contribution in [0.3, 0.4) is 0 Å². The summed E-state index contributed by atoms with van der Waals surface area (Å²) in [5.74, 6) is -4.55. The highest BCUT2D eigenvalue weighted by molar-refractivity contribution is 5.94. The van der Waals surface area contributed by atoms with Gasteiger partial charge in [0.25, 0.3) is 0 Å². The molecule has 4 rings (SSSR count). The van der Waals surface area contributed by atoms with Gasteiger partial charge in [-0.2, -0.15) is 0 Å². The number of anilines is 1. The minimum absolute atomic E-state index is 0.0344. The van der Waals surface area contributed by atoms with Crippen molar-refractivity contribution in [2.24, 2.45) is 5.73 Å². The molecule has 4 N–H and O–H groups in total. The smallest absolute Gasteiger partial charge is 0.341 e. The number of carbonyl (C=O) groups excluding carboxylic acids is 1. The topological polar surface area (TPSA) is 118 Å². The number of amides is 1. The number of aromatic nitrogens is 1. The van der Waals surface area contributed by atoms with Gasteiger partial charge in [0.1, 0.15) is 23.0 Å². The van der Waals surface area contributed by atoms with Gasteiger partial charge in [-0.3, -0.25) is 9.59 Å². The molecule has 1 aliphatic rings. The van der Waals surface area contributed by atoms with Crippen LogP contribution in [0, 0.1) is 17.5 Å². The van der Waals surface area contributed by atoms with Crippen molar-refractivity contribution in [3.8, 4) is 5.69 Å². The molecule has 1 aromatic heterocycles. The summed E-state index contributed by atoms with van der Waals surface area (Å²) in [5.41, 5.74) is 3.82. The number of aromatic carboxylic acids is 1. The van der Waals surface area contributed by atoms with E-state index >= 15 is 4.39 Å². The minimum atomic E-state index is -1.57. The van der Waals surface area contributed by atoms with Crippen LogP contribution in [0.2, 0.25) is 0 Å². The third-order valence-electron chi connectivity index (χ3n) is 5.99. The molecule has 3 atom stereocenters. The van der Waals surface area contributed by atoms with Gasteiger partial charge in [0, 0.05) is 30.2 Å². The summed E-state index contributed by atoms with van der Waals surface area (Å²) < 4.78 is 44.2. The Balaban J connectivity index is 1.85. The van der Waals surface area contributed by atoms with Gasteiger partial charge in [0.15, 0.2) is 0 Å². The second kappa shape index (κ2) is 8.49. The lowest BCUT2D eigenvalue weighted by atomic mass is 9.95. The number of halogens is 3. The average molecular weight is 474 g/mol. The van der Waals surface area contributed by atoms with Crippen molar-refractivity contribution >= 4 is 28.5 Å². The Morgan fingerprint density at radius 2 is 1.82 bits per heavy atom. The van der Waals surface area contributed by atoms with Crippen LogP contribution in [-0.2, 0) is 4.79 Å². The van der Waals surface area contributed by atoms with Crippen molar-refractivity contribution < 1.29 is 27.9 Å². The van der Waals surface area contributed by atoms with E-state index in [1.807, 2.05) is 0 Å². The third-order valence-corrected chi connectivity index (χ3v) is 5.99. The van der Waals surface area contributed by atoms with E-state index in [1.54, 1.807) is 18.7 Å². The Hall–Kier alpha value is -3.86. The second-order valence-electron chi connectivity index (χ2n) is 8.26. The van der Waals surface area contributed by atoms with Crippen molar-refractivity contribution in [1.82, 2.24) is 9.88 Å². The van der Waals surface area contributed by atoms with Crippen LogP contribution < -0.4 is 21.4 Å². The summed E-state index contributed by atoms with van der Waals surface area (Å²) >= 11 is 0. The Labute approximate surface area is 191 Å². The van der Waals surface area contributed by atoms with Gasteiger partial charge in [-0.15, -0.1) is 0 Å². The SMILES string of the molecule is C[C@H](N)C(=O)N[C@@H]1CN(c2cc3c(cc2F)c(=O)c(C(=O)O)cn3-c2ccc(F)cc2F)[C@H]1C. The first-order chi connectivity index (χ1) is 16.0. The molecule has 2 heterocycles. The minimum Gasteiger partial charge on any atom is -0.477 e. The molecule has 0 spiro atoms. The molecule has 1 fully saturated rings. The largest absolute Gasteiger partial charge is 0.477 e. The number of nitrogens with one attached hydrogen (secondary N) is 1. The summed E-state index contributed by atoms with van der Waals surface area (Å²) in [4.78, 5) is 37.9. The number of benzene rings is 2. The lowest BCUT2D eigenvalue weighted by Gasteiger charge is -2.48. The fraction of sp³-hybridized carbons (Fsp3) is 0.261. The van der Waals surface area contributed by atoms with Crippen LogP contribution in [0.4, 0.5) is 18.9 Å². The Kier molecular flexibility index (Phi) is 5.82. The molecule has 0 aliphatic carbocycles. The molecule has 1 aliphatic heterocycles. The summed E-state index contributed by atoms with van der Waals surface area (Å²) in [6.07, 6.45) is 0.927. The van der Waals surface area contributed by atoms with E-state index in [9.17, 15) is 28.3 Å². The van der Waals surface area contributed by atoms with Crippen molar-refractivity contribution in [1.29, 1.82) is 0 Å². The van der Waals surface area contributed by atoms with Crippen molar-refractivity contribution in [2.45, 2.75) is 32.0 Å². The van der Waals surface area contributed by atoms with Crippen molar-refractivity contribution in [3.63, 3.8) is 0 Å². The van der Waals surface area contributed by atoms with Crippen molar-refractivity contribution in [2.75, 3.05) is 11.4 Å². The van der Waals surface area contributed by atoms with E-state index in [1.165, 1.54) is 6.07 Å². The zero-order valence-electron chi connectivity index (χ0n) is 18.2. The van der Waals surface area contributed by atoms with Crippen LogP contribution in [0.1, 0.15) is 24.2 Å². The zero-order valence-corrected chi connectivity index (χ0v) is 18.2. The molecule has 11 heteroatoms. The number of carboxylic acid groups (broad SMARTS) is 1. The van der Waals surface area contributed by atoms with Gasteiger partial charge >= 0.3 is 5.97 Å². The molecule has 0 saturated carbocycles. The Bertz CT molecular complexity index is 1390. The quantitative estimate of drug-likeness (QED) is 0.522. The van der Waals surface area contributed by atoms with E-state index < -0.39 is 40.5 Å². The highest BCUT2D eigenvalue weighted by atomic mass is 19.1. The molecule has 34 heavy (non-hydrogen) atoms. The zero-order chi connectivity index (χ0) is 24.9. The van der Waals surface area contributed by atoms with Gasteiger partial charge in [-0.25, -0.2) is 18.0 Å². The van der Waals surface area contributed by atoms with E-state index in [4.69, 9.17) is 5.73 Å². The number of hydrogen-bond donors (Lipinski definition) is 3. The number of hydrogen-bond acceptors (Lipinski definition) is 5. The highest BCUT2D eigenvalue weighted by Crippen LogP contribution is 2.33. The maximum absolute atomic E-state index is 15.1. The van der Waals surface area contributed by atoms with E-state index in [2.05, 4.69) is 5.32 Å². The first kappa shape index (κ1) is 23.3. The third kappa shape index (κ3) is 3.87. The molecular formula is C23H21F3N4O4. The monoisotopic (exact) mass is 474 g/mol. The van der Waals surface area contributed by atoms with Crippen LogP contribution in [-0.4, -0.2) is 46.2 Å². The number of nitrogens with two attached hydrogens (primary N) is 1. The fourth-order valence-corrected chi connectivity index (χ4v) is 3.99. The molecule has 0 radical (unpaired) electrons. The van der Waals surface area contributed by atoms with Gasteiger partial charge in [0.2, 0.25) is 11.3 Å². The summed E-state index contributed by atoms with van der Waals surface area (Å²) in [7, 11) is 0. The normalized spacial score (nSPS) is 18.5. The Morgan fingerprint density at radius 3 is 2.41 bits per heavy atom. The molecule has 2 aromatic carbocycles. The summed E-state index contributed by atoms with van der Waals surface area (Å²) in [6.45, 7) is 3.56. The maximum Gasteiger partial charge on any atom is 0.341 e. The molecule has 8 nitrogen and oxygen atoms in total. The van der Waals surface area contributed by atoms with E-state index in [-0.39, 0.29) is 46.8 Å². The van der Waals surface area contributed by atoms with Gasteiger partial charge in [0.05, 0.1) is 29.0 Å². The number of nitrogens with zero attached hydrogens (tertiary/aromatic N) is 2. The predicted molar refractivity (Wildman–Crippen MR) is 119 cm³/mol. The number of carboxylic acids is 1. The van der Waals surface area contributed by atoms with Crippen LogP contribution in [0.5, 0.6) is 0 Å². The molecule has 178 valence electrons. The van der Waals surface area contributed by atoms with Gasteiger partial charge in [-0.05, 0) is 38.1 Å². The molecular weight excluding hydrogens is 453 g/mol. The highest BCUT2D eigenvalue weighted by Gasteiger charge is 2.38. The molecule has 0 unspecified atom stereocenters. The number of carbonyl (C=O) groups is 2. The first-order valence-corrected chi connectivity index (χ1v) is 10.4. The van der Waals surface area contributed by atoms with Crippen molar-refractivity contribution in [3.05, 3.63) is 69.8 Å². The van der Waals surface area contributed by atoms with E-state index in [0.29, 0.717) is 6.07 Å². The molecule has 0 bridgehead atoms. The summed E-state index contributed by atoms with van der Waals surface area (Å²) in [5, 5.41) is 11.9. The van der Waals surface area contributed by atoms with Gasteiger partial charge in [-0.1, -0.05) is 0 Å².